The first-order valence-corrected chi connectivity index (χ1v) is 5.47. The normalized spacial score (nSPS) is 11.6. The molecule has 0 unspecified atom stereocenters. The third-order valence-corrected chi connectivity index (χ3v) is 1.73. The van der Waals surface area contributed by atoms with Crippen LogP contribution in [0.4, 0.5) is 0 Å². The van der Waals surface area contributed by atoms with E-state index in [-0.39, 0.29) is 17.5 Å². The lowest BCUT2D eigenvalue weighted by Crippen LogP contribution is -2.23. The van der Waals surface area contributed by atoms with E-state index in [0.29, 0.717) is 11.5 Å². The summed E-state index contributed by atoms with van der Waals surface area (Å²) in [5, 5.41) is 9.73. The van der Waals surface area contributed by atoms with Crippen molar-refractivity contribution in [2.75, 3.05) is 0 Å². The molecule has 0 aromatic heterocycles. The minimum atomic E-state index is -0.317. The fourth-order valence-electron chi connectivity index (χ4n) is 1.27. The summed E-state index contributed by atoms with van der Waals surface area (Å²) in [6.07, 6.45) is -0.00406. The summed E-state index contributed by atoms with van der Waals surface area (Å²) < 4.78 is 11.3. The Labute approximate surface area is 97.0 Å². The fourth-order valence-corrected chi connectivity index (χ4v) is 1.27. The van der Waals surface area contributed by atoms with E-state index >= 15 is 0 Å². The maximum Gasteiger partial charge on any atom is 0.203 e. The highest BCUT2D eigenvalue weighted by molar-refractivity contribution is 5.50. The molecular weight excluding hydrogens is 204 g/mol. The second-order valence-electron chi connectivity index (χ2n) is 4.99. The summed E-state index contributed by atoms with van der Waals surface area (Å²) in [7, 11) is 0. The van der Waals surface area contributed by atoms with Gasteiger partial charge in [0, 0.05) is 0 Å². The van der Waals surface area contributed by atoms with Gasteiger partial charge in [-0.1, -0.05) is 6.07 Å². The van der Waals surface area contributed by atoms with Crippen molar-refractivity contribution in [2.45, 2.75) is 46.3 Å². The Hall–Kier alpha value is -1.38. The minimum Gasteiger partial charge on any atom is -0.504 e. The summed E-state index contributed by atoms with van der Waals surface area (Å²) in [6.45, 7) is 9.68. The molecule has 0 saturated heterocycles. The molecule has 1 rings (SSSR count). The Morgan fingerprint density at radius 2 is 1.81 bits per heavy atom. The molecule has 0 aliphatic carbocycles. The molecule has 0 amide bonds. The quantitative estimate of drug-likeness (QED) is 0.855. The number of rotatable bonds is 3. The molecule has 1 N–H and O–H groups in total. The van der Waals surface area contributed by atoms with Crippen LogP contribution in [0.3, 0.4) is 0 Å². The van der Waals surface area contributed by atoms with Crippen molar-refractivity contribution in [3.05, 3.63) is 18.2 Å². The minimum absolute atomic E-state index is 0.00406. The molecule has 0 heterocycles. The maximum atomic E-state index is 9.73. The van der Waals surface area contributed by atoms with Crippen LogP contribution in [0.25, 0.3) is 0 Å². The summed E-state index contributed by atoms with van der Waals surface area (Å²) in [6, 6.07) is 5.12. The van der Waals surface area contributed by atoms with Gasteiger partial charge in [0.05, 0.1) is 6.10 Å². The number of phenols is 1. The molecule has 0 aliphatic heterocycles. The molecule has 0 fully saturated rings. The van der Waals surface area contributed by atoms with E-state index in [9.17, 15) is 5.11 Å². The summed E-state index contributed by atoms with van der Waals surface area (Å²) in [4.78, 5) is 0. The Morgan fingerprint density at radius 3 is 2.31 bits per heavy atom. The van der Waals surface area contributed by atoms with E-state index in [4.69, 9.17) is 9.47 Å². The highest BCUT2D eigenvalue weighted by Crippen LogP contribution is 2.38. The van der Waals surface area contributed by atoms with Crippen molar-refractivity contribution in [1.29, 1.82) is 0 Å². The third kappa shape index (κ3) is 3.65. The van der Waals surface area contributed by atoms with E-state index in [1.807, 2.05) is 34.6 Å². The van der Waals surface area contributed by atoms with Crippen molar-refractivity contribution in [3.63, 3.8) is 0 Å². The zero-order valence-corrected chi connectivity index (χ0v) is 10.6. The van der Waals surface area contributed by atoms with Crippen molar-refractivity contribution in [3.8, 4) is 17.2 Å². The first-order chi connectivity index (χ1) is 7.29. The maximum absolute atomic E-state index is 9.73. The second-order valence-corrected chi connectivity index (χ2v) is 4.99. The van der Waals surface area contributed by atoms with E-state index in [0.717, 1.165) is 0 Å². The van der Waals surface area contributed by atoms with Crippen molar-refractivity contribution in [2.24, 2.45) is 0 Å². The Bertz CT molecular complexity index is 351. The van der Waals surface area contributed by atoms with Gasteiger partial charge in [-0.2, -0.15) is 0 Å². The Kier molecular flexibility index (Phi) is 3.68. The van der Waals surface area contributed by atoms with Crippen LogP contribution < -0.4 is 9.47 Å². The van der Waals surface area contributed by atoms with Crippen molar-refractivity contribution >= 4 is 0 Å². The zero-order chi connectivity index (χ0) is 12.3. The van der Waals surface area contributed by atoms with Gasteiger partial charge in [0.25, 0.3) is 0 Å². The zero-order valence-electron chi connectivity index (χ0n) is 10.6. The van der Waals surface area contributed by atoms with Crippen LogP contribution in [0, 0.1) is 0 Å². The highest BCUT2D eigenvalue weighted by Gasteiger charge is 2.18. The van der Waals surface area contributed by atoms with Crippen LogP contribution in [0.15, 0.2) is 18.2 Å². The van der Waals surface area contributed by atoms with Gasteiger partial charge in [-0.3, -0.25) is 0 Å². The summed E-state index contributed by atoms with van der Waals surface area (Å²) in [5.41, 5.74) is -0.317. The van der Waals surface area contributed by atoms with Gasteiger partial charge >= 0.3 is 0 Å². The Morgan fingerprint density at radius 1 is 1.19 bits per heavy atom. The smallest absolute Gasteiger partial charge is 0.203 e. The topological polar surface area (TPSA) is 38.7 Å². The molecule has 0 radical (unpaired) electrons. The summed E-state index contributed by atoms with van der Waals surface area (Å²) in [5.74, 6) is 1.09. The van der Waals surface area contributed by atoms with E-state index in [1.54, 1.807) is 18.2 Å². The molecule has 3 nitrogen and oxygen atoms in total. The number of phenolic OH excluding ortho intramolecular Hbond substituents is 1. The number of hydrogen-bond acceptors (Lipinski definition) is 3. The number of benzene rings is 1. The largest absolute Gasteiger partial charge is 0.504 e. The van der Waals surface area contributed by atoms with Crippen LogP contribution in [-0.2, 0) is 0 Å². The van der Waals surface area contributed by atoms with Gasteiger partial charge < -0.3 is 14.6 Å². The van der Waals surface area contributed by atoms with Crippen LogP contribution in [0.2, 0.25) is 0 Å². The monoisotopic (exact) mass is 224 g/mol. The van der Waals surface area contributed by atoms with Gasteiger partial charge in [-0.15, -0.1) is 0 Å². The van der Waals surface area contributed by atoms with E-state index in [2.05, 4.69) is 0 Å². The lowest BCUT2D eigenvalue weighted by Gasteiger charge is -2.24. The van der Waals surface area contributed by atoms with Gasteiger partial charge in [-0.05, 0) is 46.8 Å². The predicted octanol–water partition coefficient (Wildman–Crippen LogP) is 3.36. The van der Waals surface area contributed by atoms with Crippen LogP contribution >= 0.6 is 0 Å². The molecule has 90 valence electrons. The fraction of sp³-hybridized carbons (Fsp3) is 0.538. The van der Waals surface area contributed by atoms with Gasteiger partial charge in [0.2, 0.25) is 5.75 Å². The van der Waals surface area contributed by atoms with Crippen molar-refractivity contribution < 1.29 is 14.6 Å². The average molecular weight is 224 g/mol. The molecule has 0 atom stereocenters. The molecule has 0 saturated carbocycles. The molecule has 3 heteroatoms. The SMILES string of the molecule is CC(C)Oc1c(O)cccc1OC(C)(C)C. The van der Waals surface area contributed by atoms with Crippen molar-refractivity contribution in [1.82, 2.24) is 0 Å². The number of aromatic hydroxyl groups is 1. The molecule has 0 spiro atoms. The van der Waals surface area contributed by atoms with E-state index < -0.39 is 0 Å². The molecule has 0 bridgehead atoms. The molecular formula is C13H20O3. The first-order valence-electron chi connectivity index (χ1n) is 5.47. The van der Waals surface area contributed by atoms with Gasteiger partial charge in [-0.25, -0.2) is 0 Å². The van der Waals surface area contributed by atoms with Crippen LogP contribution in [0.1, 0.15) is 34.6 Å². The van der Waals surface area contributed by atoms with Crippen LogP contribution in [-0.4, -0.2) is 16.8 Å². The van der Waals surface area contributed by atoms with Gasteiger partial charge in [0.15, 0.2) is 11.5 Å². The molecule has 16 heavy (non-hydrogen) atoms. The number of hydrogen-bond donors (Lipinski definition) is 1. The number of para-hydroxylation sites is 1. The predicted molar refractivity (Wildman–Crippen MR) is 64.3 cm³/mol. The van der Waals surface area contributed by atoms with Crippen LogP contribution in [0.5, 0.6) is 17.2 Å². The standard InChI is InChI=1S/C13H20O3/c1-9(2)15-12-10(14)7-6-8-11(12)16-13(3,4)5/h6-9,14H,1-5H3. The summed E-state index contributed by atoms with van der Waals surface area (Å²) >= 11 is 0. The lowest BCUT2D eigenvalue weighted by molar-refractivity contribution is 0.118. The molecule has 1 aromatic carbocycles. The number of ether oxygens (including phenoxy) is 2. The third-order valence-electron chi connectivity index (χ3n) is 1.73. The average Bonchev–Trinajstić information content (AvgIpc) is 2.08. The molecule has 0 aliphatic rings. The Balaban J connectivity index is 3.03. The van der Waals surface area contributed by atoms with Gasteiger partial charge in [0.1, 0.15) is 5.60 Å². The van der Waals surface area contributed by atoms with E-state index in [1.165, 1.54) is 0 Å². The first kappa shape index (κ1) is 12.7. The molecule has 1 aromatic rings. The second kappa shape index (κ2) is 4.64. The highest BCUT2D eigenvalue weighted by atomic mass is 16.5. The lowest BCUT2D eigenvalue weighted by atomic mass is 10.2.